The molecular weight excluding hydrogens is 206 g/mol. The van der Waals surface area contributed by atoms with Gasteiger partial charge < -0.3 is 20.3 Å². The number of nitrogens with one attached hydrogen (secondary N) is 1. The maximum absolute atomic E-state index is 8.81. The molecule has 0 aromatic heterocycles. The Balaban J connectivity index is 2.04. The van der Waals surface area contributed by atoms with Gasteiger partial charge in [-0.05, 0) is 25.1 Å². The number of benzene rings is 1. The minimum absolute atomic E-state index is 0.0456. The van der Waals surface area contributed by atoms with Crippen LogP contribution in [0.5, 0.6) is 5.75 Å². The Bertz CT molecular complexity index is 262. The maximum Gasteiger partial charge on any atom is 0.119 e. The van der Waals surface area contributed by atoms with E-state index in [4.69, 9.17) is 14.9 Å². The predicted octanol–water partition coefficient (Wildman–Crippen LogP) is 0.398. The summed E-state index contributed by atoms with van der Waals surface area (Å²) in [6, 6.07) is 9.41. The molecule has 0 aliphatic carbocycles. The first-order valence-corrected chi connectivity index (χ1v) is 5.49. The molecule has 4 nitrogen and oxygen atoms in total. The number of aliphatic hydroxyl groups is 2. The minimum Gasteiger partial charge on any atom is -0.494 e. The van der Waals surface area contributed by atoms with Crippen LogP contribution in [0.25, 0.3) is 0 Å². The summed E-state index contributed by atoms with van der Waals surface area (Å²) in [5.74, 6) is 0.864. The van der Waals surface area contributed by atoms with E-state index in [2.05, 4.69) is 5.32 Å². The van der Waals surface area contributed by atoms with Gasteiger partial charge in [0.1, 0.15) is 5.75 Å². The zero-order chi connectivity index (χ0) is 11.6. The summed E-state index contributed by atoms with van der Waals surface area (Å²) in [7, 11) is 0. The largest absolute Gasteiger partial charge is 0.494 e. The van der Waals surface area contributed by atoms with E-state index in [0.29, 0.717) is 6.61 Å². The van der Waals surface area contributed by atoms with Crippen molar-refractivity contribution in [3.05, 3.63) is 30.3 Å². The second kappa shape index (κ2) is 8.10. The van der Waals surface area contributed by atoms with Crippen molar-refractivity contribution in [2.45, 2.75) is 12.5 Å². The van der Waals surface area contributed by atoms with E-state index in [0.717, 1.165) is 18.7 Å². The van der Waals surface area contributed by atoms with Gasteiger partial charge in [-0.15, -0.1) is 0 Å². The molecule has 4 heteroatoms. The van der Waals surface area contributed by atoms with Crippen molar-refractivity contribution < 1.29 is 14.9 Å². The normalized spacial score (nSPS) is 10.7. The van der Waals surface area contributed by atoms with Crippen molar-refractivity contribution in [1.82, 2.24) is 5.32 Å². The average Bonchev–Trinajstić information content (AvgIpc) is 2.35. The van der Waals surface area contributed by atoms with Crippen LogP contribution < -0.4 is 10.1 Å². The second-order valence-electron chi connectivity index (χ2n) is 3.53. The molecule has 90 valence electrons. The van der Waals surface area contributed by atoms with Gasteiger partial charge in [-0.2, -0.15) is 0 Å². The van der Waals surface area contributed by atoms with E-state index in [1.807, 2.05) is 30.3 Å². The number of hydrogen-bond acceptors (Lipinski definition) is 4. The van der Waals surface area contributed by atoms with Crippen LogP contribution in [0, 0.1) is 0 Å². The summed E-state index contributed by atoms with van der Waals surface area (Å²) in [4.78, 5) is 0. The summed E-state index contributed by atoms with van der Waals surface area (Å²) in [5, 5.41) is 20.6. The SMILES string of the molecule is OCC(CO)NCCCOc1ccccc1. The van der Waals surface area contributed by atoms with Crippen molar-refractivity contribution in [1.29, 1.82) is 0 Å². The van der Waals surface area contributed by atoms with Crippen LogP contribution in [-0.4, -0.2) is 42.6 Å². The topological polar surface area (TPSA) is 61.7 Å². The molecule has 1 aromatic carbocycles. The van der Waals surface area contributed by atoms with Gasteiger partial charge in [0.2, 0.25) is 0 Å². The number of ether oxygens (including phenoxy) is 1. The first-order chi connectivity index (χ1) is 7.86. The third-order valence-corrected chi connectivity index (χ3v) is 2.21. The van der Waals surface area contributed by atoms with Crippen molar-refractivity contribution >= 4 is 0 Å². The first-order valence-electron chi connectivity index (χ1n) is 5.49. The molecule has 0 amide bonds. The van der Waals surface area contributed by atoms with Crippen LogP contribution in [0.1, 0.15) is 6.42 Å². The van der Waals surface area contributed by atoms with Gasteiger partial charge in [-0.25, -0.2) is 0 Å². The highest BCUT2D eigenvalue weighted by molar-refractivity contribution is 5.20. The molecule has 1 rings (SSSR count). The van der Waals surface area contributed by atoms with E-state index in [1.54, 1.807) is 0 Å². The van der Waals surface area contributed by atoms with E-state index in [9.17, 15) is 0 Å². The monoisotopic (exact) mass is 225 g/mol. The highest BCUT2D eigenvalue weighted by Gasteiger charge is 2.02. The predicted molar refractivity (Wildman–Crippen MR) is 62.5 cm³/mol. The molecule has 16 heavy (non-hydrogen) atoms. The van der Waals surface area contributed by atoms with E-state index in [1.165, 1.54) is 0 Å². The molecule has 0 aliphatic heterocycles. The van der Waals surface area contributed by atoms with Crippen LogP contribution in [0.3, 0.4) is 0 Å². The van der Waals surface area contributed by atoms with E-state index >= 15 is 0 Å². The Morgan fingerprint density at radius 1 is 1.12 bits per heavy atom. The van der Waals surface area contributed by atoms with Crippen molar-refractivity contribution in [2.75, 3.05) is 26.4 Å². The lowest BCUT2D eigenvalue weighted by atomic mass is 10.3. The number of aliphatic hydroxyl groups excluding tert-OH is 2. The van der Waals surface area contributed by atoms with Gasteiger partial charge in [0, 0.05) is 0 Å². The van der Waals surface area contributed by atoms with Crippen LogP contribution in [-0.2, 0) is 0 Å². The van der Waals surface area contributed by atoms with Crippen molar-refractivity contribution in [3.8, 4) is 5.75 Å². The third-order valence-electron chi connectivity index (χ3n) is 2.21. The van der Waals surface area contributed by atoms with Gasteiger partial charge in [0.25, 0.3) is 0 Å². The third kappa shape index (κ3) is 5.11. The lowest BCUT2D eigenvalue weighted by Gasteiger charge is -2.13. The Morgan fingerprint density at radius 2 is 1.81 bits per heavy atom. The highest BCUT2D eigenvalue weighted by Crippen LogP contribution is 2.07. The standard InChI is InChI=1S/C12H19NO3/c14-9-11(10-15)13-7-4-8-16-12-5-2-1-3-6-12/h1-3,5-6,11,13-15H,4,7-10H2. The fourth-order valence-corrected chi connectivity index (χ4v) is 1.27. The average molecular weight is 225 g/mol. The summed E-state index contributed by atoms with van der Waals surface area (Å²) >= 11 is 0. The van der Waals surface area contributed by atoms with Gasteiger partial charge in [-0.1, -0.05) is 18.2 Å². The highest BCUT2D eigenvalue weighted by atomic mass is 16.5. The molecule has 0 spiro atoms. The Labute approximate surface area is 95.9 Å². The molecule has 0 saturated carbocycles. The summed E-state index contributed by atoms with van der Waals surface area (Å²) in [5.41, 5.74) is 0. The lowest BCUT2D eigenvalue weighted by molar-refractivity contribution is 0.169. The first kappa shape index (κ1) is 13.0. The zero-order valence-corrected chi connectivity index (χ0v) is 9.30. The second-order valence-corrected chi connectivity index (χ2v) is 3.53. The molecule has 0 fully saturated rings. The molecule has 3 N–H and O–H groups in total. The van der Waals surface area contributed by atoms with Crippen LogP contribution in [0.15, 0.2) is 30.3 Å². The molecule has 1 aromatic rings. The van der Waals surface area contributed by atoms with Gasteiger partial charge in [0.05, 0.1) is 25.9 Å². The fourth-order valence-electron chi connectivity index (χ4n) is 1.27. The minimum atomic E-state index is -0.225. The van der Waals surface area contributed by atoms with Gasteiger partial charge in [0.15, 0.2) is 0 Å². The van der Waals surface area contributed by atoms with Crippen LogP contribution >= 0.6 is 0 Å². The Kier molecular flexibility index (Phi) is 6.56. The van der Waals surface area contributed by atoms with Crippen LogP contribution in [0.4, 0.5) is 0 Å². The summed E-state index contributed by atoms with van der Waals surface area (Å²) in [6.45, 7) is 1.26. The summed E-state index contributed by atoms with van der Waals surface area (Å²) < 4.78 is 5.49. The molecule has 0 heterocycles. The fraction of sp³-hybridized carbons (Fsp3) is 0.500. The van der Waals surface area contributed by atoms with Crippen LogP contribution in [0.2, 0.25) is 0 Å². The molecule has 0 atom stereocenters. The maximum atomic E-state index is 8.81. The molecule has 0 bridgehead atoms. The molecule has 0 aliphatic rings. The molecule has 0 saturated heterocycles. The number of para-hydroxylation sites is 1. The molecular formula is C12H19NO3. The number of hydrogen-bond donors (Lipinski definition) is 3. The van der Waals surface area contributed by atoms with E-state index < -0.39 is 0 Å². The van der Waals surface area contributed by atoms with Crippen molar-refractivity contribution in [3.63, 3.8) is 0 Å². The quantitative estimate of drug-likeness (QED) is 0.560. The lowest BCUT2D eigenvalue weighted by Crippen LogP contribution is -2.36. The smallest absolute Gasteiger partial charge is 0.119 e. The van der Waals surface area contributed by atoms with Gasteiger partial charge in [-0.3, -0.25) is 0 Å². The van der Waals surface area contributed by atoms with Crippen molar-refractivity contribution in [2.24, 2.45) is 0 Å². The molecule has 0 radical (unpaired) electrons. The number of rotatable bonds is 8. The van der Waals surface area contributed by atoms with E-state index in [-0.39, 0.29) is 19.3 Å². The van der Waals surface area contributed by atoms with Gasteiger partial charge >= 0.3 is 0 Å². The molecule has 0 unspecified atom stereocenters. The zero-order valence-electron chi connectivity index (χ0n) is 9.30. The summed E-state index contributed by atoms with van der Waals surface area (Å²) in [6.07, 6.45) is 0.839. The Morgan fingerprint density at radius 3 is 2.44 bits per heavy atom. The Hall–Kier alpha value is -1.10.